The average molecular weight is 481 g/mol. The van der Waals surface area contributed by atoms with Crippen LogP contribution >= 0.6 is 0 Å². The number of carbonyl (C=O) groups is 2. The fourth-order valence-electron chi connectivity index (χ4n) is 2.73. The van der Waals surface area contributed by atoms with Crippen LogP contribution in [0.1, 0.15) is 23.7 Å². The van der Waals surface area contributed by atoms with Crippen molar-refractivity contribution in [2.45, 2.75) is 18.2 Å². The quantitative estimate of drug-likeness (QED) is 0.377. The number of aromatic nitrogens is 1. The predicted octanol–water partition coefficient (Wildman–Crippen LogP) is 3.94. The van der Waals surface area contributed by atoms with Crippen molar-refractivity contribution in [1.29, 1.82) is 0 Å². The molecule has 3 rings (SSSR count). The second-order valence-corrected chi connectivity index (χ2v) is 8.72. The van der Waals surface area contributed by atoms with E-state index in [0.29, 0.717) is 35.7 Å². The number of nitrogens with one attached hydrogen (secondary N) is 3. The number of hydrogen-bond acceptors (Lipinski definition) is 6. The second-order valence-electron chi connectivity index (χ2n) is 7.04. The third-order valence-electron chi connectivity index (χ3n) is 4.50. The van der Waals surface area contributed by atoms with Crippen molar-refractivity contribution in [2.24, 2.45) is 0 Å². The fraction of sp³-hybridized carbons (Fsp3) is 0.125. The molecule has 3 aromatic rings. The number of ether oxygens (including phenoxy) is 1. The molecule has 1 aromatic heterocycles. The molecule has 0 saturated carbocycles. The number of rotatable bonds is 10. The van der Waals surface area contributed by atoms with E-state index >= 15 is 0 Å². The minimum Gasteiger partial charge on any atom is -0.439 e. The molecule has 9 nitrogen and oxygen atoms in total. The first-order valence-electron chi connectivity index (χ1n) is 10.4. The van der Waals surface area contributed by atoms with Crippen LogP contribution in [0.25, 0.3) is 0 Å². The van der Waals surface area contributed by atoms with Gasteiger partial charge < -0.3 is 15.4 Å². The monoisotopic (exact) mass is 480 g/mol. The van der Waals surface area contributed by atoms with Crippen LogP contribution in [0.15, 0.2) is 84.4 Å². The van der Waals surface area contributed by atoms with Gasteiger partial charge in [0, 0.05) is 36.6 Å². The Labute approximate surface area is 197 Å². The third kappa shape index (κ3) is 6.66. The van der Waals surface area contributed by atoms with Crippen molar-refractivity contribution < 1.29 is 22.7 Å². The Morgan fingerprint density at radius 3 is 2.26 bits per heavy atom. The molecule has 0 unspecified atom stereocenters. The summed E-state index contributed by atoms with van der Waals surface area (Å²) >= 11 is 0. The molecule has 176 valence electrons. The summed E-state index contributed by atoms with van der Waals surface area (Å²) in [5.41, 5.74) is 1.25. The van der Waals surface area contributed by atoms with Crippen molar-refractivity contribution in [3.8, 4) is 11.6 Å². The van der Waals surface area contributed by atoms with Crippen LogP contribution in [0.5, 0.6) is 11.6 Å². The lowest BCUT2D eigenvalue weighted by atomic mass is 10.2. The Kier molecular flexibility index (Phi) is 7.99. The number of anilines is 2. The van der Waals surface area contributed by atoms with Gasteiger partial charge >= 0.3 is 0 Å². The molecule has 2 amide bonds. The molecule has 0 radical (unpaired) electrons. The molecule has 0 fully saturated rings. The molecule has 0 spiro atoms. The molecule has 0 aliphatic rings. The standard InChI is InChI=1S/C24H24N4O5S/c1-3-15-25-24(30)17-5-14-23(26-16-17)33-20-10-6-19(7-11-20)28-34(31,32)21-12-8-18(9-13-21)27-22(29)4-2/h3,5-14,16,28H,1,4,15H2,2H3,(H,25,30)(H,27,29). The number of sulfonamides is 1. The summed E-state index contributed by atoms with van der Waals surface area (Å²) in [6.07, 6.45) is 3.31. The Bertz CT molecular complexity index is 1260. The third-order valence-corrected chi connectivity index (χ3v) is 5.90. The van der Waals surface area contributed by atoms with Gasteiger partial charge in [-0.25, -0.2) is 13.4 Å². The van der Waals surface area contributed by atoms with E-state index in [-0.39, 0.29) is 22.6 Å². The second kappa shape index (κ2) is 11.1. The lowest BCUT2D eigenvalue weighted by Gasteiger charge is -2.10. The molecule has 1 heterocycles. The maximum atomic E-state index is 12.6. The topological polar surface area (TPSA) is 126 Å². The summed E-state index contributed by atoms with van der Waals surface area (Å²) in [6, 6.07) is 15.3. The molecule has 34 heavy (non-hydrogen) atoms. The molecule has 0 aliphatic heterocycles. The molecule has 0 saturated heterocycles. The minimum absolute atomic E-state index is 0.0590. The van der Waals surface area contributed by atoms with Crippen molar-refractivity contribution >= 4 is 33.2 Å². The van der Waals surface area contributed by atoms with Crippen molar-refractivity contribution in [2.75, 3.05) is 16.6 Å². The highest BCUT2D eigenvalue weighted by molar-refractivity contribution is 7.92. The van der Waals surface area contributed by atoms with Gasteiger partial charge in [-0.2, -0.15) is 0 Å². The van der Waals surface area contributed by atoms with Crippen LogP contribution in [0.4, 0.5) is 11.4 Å². The van der Waals surface area contributed by atoms with Gasteiger partial charge in [-0.3, -0.25) is 14.3 Å². The van der Waals surface area contributed by atoms with E-state index in [9.17, 15) is 18.0 Å². The molecular formula is C24H24N4O5S. The molecule has 2 aromatic carbocycles. The van der Waals surface area contributed by atoms with Crippen molar-refractivity contribution in [3.05, 3.63) is 85.1 Å². The number of pyridine rings is 1. The fourth-order valence-corrected chi connectivity index (χ4v) is 3.79. The van der Waals surface area contributed by atoms with Crippen LogP contribution < -0.4 is 20.1 Å². The normalized spacial score (nSPS) is 10.7. The number of amides is 2. The maximum Gasteiger partial charge on any atom is 0.261 e. The molecule has 3 N–H and O–H groups in total. The maximum absolute atomic E-state index is 12.6. The first-order chi connectivity index (χ1) is 16.3. The summed E-state index contributed by atoms with van der Waals surface area (Å²) in [5.74, 6) is 0.298. The Hall–Kier alpha value is -4.18. The molecule has 0 aliphatic carbocycles. The smallest absolute Gasteiger partial charge is 0.261 e. The van der Waals surface area contributed by atoms with Gasteiger partial charge in [0.05, 0.1) is 10.5 Å². The van der Waals surface area contributed by atoms with Crippen LogP contribution in [0.2, 0.25) is 0 Å². The van der Waals surface area contributed by atoms with E-state index in [0.717, 1.165) is 0 Å². The van der Waals surface area contributed by atoms with E-state index in [4.69, 9.17) is 4.74 Å². The lowest BCUT2D eigenvalue weighted by Crippen LogP contribution is -2.23. The Morgan fingerprint density at radius 1 is 1.00 bits per heavy atom. The minimum atomic E-state index is -3.82. The van der Waals surface area contributed by atoms with Gasteiger partial charge in [0.25, 0.3) is 15.9 Å². The number of nitrogens with zero attached hydrogens (tertiary/aromatic N) is 1. The molecule has 0 atom stereocenters. The highest BCUT2D eigenvalue weighted by atomic mass is 32.2. The molecule has 10 heteroatoms. The van der Waals surface area contributed by atoms with Gasteiger partial charge in [0.1, 0.15) is 5.75 Å². The average Bonchev–Trinajstić information content (AvgIpc) is 2.84. The highest BCUT2D eigenvalue weighted by Gasteiger charge is 2.14. The van der Waals surface area contributed by atoms with Gasteiger partial charge in [-0.1, -0.05) is 13.0 Å². The first kappa shape index (κ1) is 24.5. The van der Waals surface area contributed by atoms with Crippen molar-refractivity contribution in [1.82, 2.24) is 10.3 Å². The summed E-state index contributed by atoms with van der Waals surface area (Å²) in [6.45, 7) is 5.63. The van der Waals surface area contributed by atoms with Crippen LogP contribution in [-0.2, 0) is 14.8 Å². The summed E-state index contributed by atoms with van der Waals surface area (Å²) in [7, 11) is -3.82. The van der Waals surface area contributed by atoms with Crippen molar-refractivity contribution in [3.63, 3.8) is 0 Å². The van der Waals surface area contributed by atoms with Crippen LogP contribution in [0, 0.1) is 0 Å². The van der Waals surface area contributed by atoms with E-state index in [1.54, 1.807) is 49.4 Å². The zero-order valence-electron chi connectivity index (χ0n) is 18.4. The lowest BCUT2D eigenvalue weighted by molar-refractivity contribution is -0.115. The van der Waals surface area contributed by atoms with Gasteiger partial charge in [0.2, 0.25) is 11.8 Å². The summed E-state index contributed by atoms with van der Waals surface area (Å²) < 4.78 is 33.4. The number of carbonyl (C=O) groups excluding carboxylic acids is 2. The van der Waals surface area contributed by atoms with Crippen LogP contribution in [0.3, 0.4) is 0 Å². The van der Waals surface area contributed by atoms with E-state index < -0.39 is 10.0 Å². The van der Waals surface area contributed by atoms with Crippen LogP contribution in [-0.4, -0.2) is 31.8 Å². The van der Waals surface area contributed by atoms with Gasteiger partial charge in [0.15, 0.2) is 0 Å². The first-order valence-corrected chi connectivity index (χ1v) is 11.8. The van der Waals surface area contributed by atoms with E-state index in [1.165, 1.54) is 30.5 Å². The van der Waals surface area contributed by atoms with E-state index in [2.05, 4.69) is 26.9 Å². The number of benzene rings is 2. The number of hydrogen-bond donors (Lipinski definition) is 3. The SMILES string of the molecule is C=CCNC(=O)c1ccc(Oc2ccc(NS(=O)(=O)c3ccc(NC(=O)CC)cc3)cc2)nc1. The largest absolute Gasteiger partial charge is 0.439 e. The Balaban J connectivity index is 1.61. The molecule has 0 bridgehead atoms. The zero-order valence-corrected chi connectivity index (χ0v) is 19.3. The van der Waals surface area contributed by atoms with Gasteiger partial charge in [-0.15, -0.1) is 6.58 Å². The predicted molar refractivity (Wildman–Crippen MR) is 129 cm³/mol. The molecular weight excluding hydrogens is 456 g/mol. The summed E-state index contributed by atoms with van der Waals surface area (Å²) in [4.78, 5) is 27.5. The zero-order chi connectivity index (χ0) is 24.6. The van der Waals surface area contributed by atoms with Gasteiger partial charge in [-0.05, 0) is 54.6 Å². The highest BCUT2D eigenvalue weighted by Crippen LogP contribution is 2.24. The summed E-state index contributed by atoms with van der Waals surface area (Å²) in [5, 5.41) is 5.32. The van der Waals surface area contributed by atoms with E-state index in [1.807, 2.05) is 0 Å². The Morgan fingerprint density at radius 2 is 1.68 bits per heavy atom.